The van der Waals surface area contributed by atoms with Gasteiger partial charge in [0.25, 0.3) is 5.69 Å². The van der Waals surface area contributed by atoms with Gasteiger partial charge in [0.2, 0.25) is 0 Å². The molecule has 0 aliphatic carbocycles. The van der Waals surface area contributed by atoms with Gasteiger partial charge in [0, 0.05) is 25.4 Å². The summed E-state index contributed by atoms with van der Waals surface area (Å²) in [6.45, 7) is 1.37. The highest BCUT2D eigenvalue weighted by atomic mass is 16.6. The van der Waals surface area contributed by atoms with E-state index < -0.39 is 4.92 Å². The van der Waals surface area contributed by atoms with Crippen LogP contribution >= 0.6 is 0 Å². The maximum atomic E-state index is 10.9. The molecule has 6 heteroatoms. The Bertz CT molecular complexity index is 469. The third-order valence-corrected chi connectivity index (χ3v) is 3.20. The van der Waals surface area contributed by atoms with Crippen molar-refractivity contribution in [3.8, 4) is 0 Å². The molecule has 6 nitrogen and oxygen atoms in total. The van der Waals surface area contributed by atoms with Crippen molar-refractivity contribution in [2.75, 3.05) is 25.2 Å². The van der Waals surface area contributed by atoms with E-state index >= 15 is 0 Å². The molecule has 1 aliphatic heterocycles. The molecular formula is C12H14N2O4. The Morgan fingerprint density at radius 2 is 2.33 bits per heavy atom. The van der Waals surface area contributed by atoms with Gasteiger partial charge in [-0.15, -0.1) is 0 Å². The van der Waals surface area contributed by atoms with E-state index in [9.17, 15) is 14.9 Å². The van der Waals surface area contributed by atoms with Crippen molar-refractivity contribution >= 4 is 17.7 Å². The van der Waals surface area contributed by atoms with E-state index in [1.807, 2.05) is 11.9 Å². The quantitative estimate of drug-likeness (QED) is 0.461. The van der Waals surface area contributed by atoms with Gasteiger partial charge in [-0.25, -0.2) is 0 Å². The summed E-state index contributed by atoms with van der Waals surface area (Å²) in [6, 6.07) is 4.82. The molecule has 1 atom stereocenters. The predicted octanol–water partition coefficient (Wildman–Crippen LogP) is 1.63. The third kappa shape index (κ3) is 2.33. The van der Waals surface area contributed by atoms with Gasteiger partial charge in [-0.05, 0) is 18.6 Å². The zero-order valence-corrected chi connectivity index (χ0v) is 10.0. The molecule has 0 saturated carbocycles. The zero-order chi connectivity index (χ0) is 13.1. The molecule has 1 heterocycles. The lowest BCUT2D eigenvalue weighted by atomic mass is 10.1. The number of carbonyl (C=O) groups excluding carboxylic acids is 1. The van der Waals surface area contributed by atoms with Crippen LogP contribution < -0.4 is 4.90 Å². The lowest BCUT2D eigenvalue weighted by molar-refractivity contribution is -0.385. The van der Waals surface area contributed by atoms with Gasteiger partial charge in [-0.1, -0.05) is 0 Å². The Kier molecular flexibility index (Phi) is 3.57. The highest BCUT2D eigenvalue weighted by Crippen LogP contribution is 2.26. The largest absolute Gasteiger partial charge is 0.379 e. The first-order valence-electron chi connectivity index (χ1n) is 5.67. The van der Waals surface area contributed by atoms with Crippen molar-refractivity contribution < 1.29 is 14.5 Å². The molecule has 1 aliphatic rings. The van der Waals surface area contributed by atoms with Gasteiger partial charge in [0.05, 0.1) is 23.1 Å². The van der Waals surface area contributed by atoms with Crippen LogP contribution in [-0.2, 0) is 4.74 Å². The standard InChI is InChI=1S/C12H14N2O4/c1-13(11-4-5-18-8-11)10-2-3-12(14(16)17)9(6-10)7-15/h2-3,6-7,11H,4-5,8H2,1H3. The van der Waals surface area contributed by atoms with Gasteiger partial charge in [0.15, 0.2) is 6.29 Å². The fourth-order valence-electron chi connectivity index (χ4n) is 2.06. The molecule has 18 heavy (non-hydrogen) atoms. The molecule has 1 aromatic rings. The summed E-state index contributed by atoms with van der Waals surface area (Å²) in [6.07, 6.45) is 1.44. The van der Waals surface area contributed by atoms with Crippen LogP contribution in [0, 0.1) is 10.1 Å². The number of anilines is 1. The number of hydrogen-bond acceptors (Lipinski definition) is 5. The summed E-state index contributed by atoms with van der Waals surface area (Å²) in [7, 11) is 1.90. The minimum atomic E-state index is -0.549. The number of nitrogens with zero attached hydrogens (tertiary/aromatic N) is 2. The fourth-order valence-corrected chi connectivity index (χ4v) is 2.06. The predicted molar refractivity (Wildman–Crippen MR) is 66.1 cm³/mol. The Morgan fingerprint density at radius 1 is 1.56 bits per heavy atom. The summed E-state index contributed by atoms with van der Waals surface area (Å²) in [4.78, 5) is 23.1. The summed E-state index contributed by atoms with van der Waals surface area (Å²) in [5.41, 5.74) is 0.728. The van der Waals surface area contributed by atoms with Gasteiger partial charge >= 0.3 is 0 Å². The lowest BCUT2D eigenvalue weighted by Gasteiger charge is -2.25. The fraction of sp³-hybridized carbons (Fsp3) is 0.417. The van der Waals surface area contributed by atoms with Gasteiger partial charge in [-0.2, -0.15) is 0 Å². The van der Waals surface area contributed by atoms with Crippen molar-refractivity contribution in [2.24, 2.45) is 0 Å². The first kappa shape index (κ1) is 12.5. The molecule has 0 bridgehead atoms. The average molecular weight is 250 g/mol. The highest BCUT2D eigenvalue weighted by Gasteiger charge is 2.22. The molecule has 0 spiro atoms. The van der Waals surface area contributed by atoms with Crippen LogP contribution in [0.1, 0.15) is 16.8 Å². The van der Waals surface area contributed by atoms with Crippen LogP contribution in [0.4, 0.5) is 11.4 Å². The zero-order valence-electron chi connectivity index (χ0n) is 10.0. The molecule has 0 amide bonds. The molecule has 1 fully saturated rings. The summed E-state index contributed by atoms with van der Waals surface area (Å²) in [5, 5.41) is 10.7. The average Bonchev–Trinajstić information content (AvgIpc) is 2.90. The van der Waals surface area contributed by atoms with Crippen LogP contribution in [0.15, 0.2) is 18.2 Å². The van der Waals surface area contributed by atoms with Crippen LogP contribution in [0.5, 0.6) is 0 Å². The van der Waals surface area contributed by atoms with Gasteiger partial charge in [0.1, 0.15) is 0 Å². The molecule has 1 saturated heterocycles. The molecule has 0 aromatic heterocycles. The van der Waals surface area contributed by atoms with Crippen LogP contribution in [0.2, 0.25) is 0 Å². The van der Waals surface area contributed by atoms with Gasteiger partial charge in [-0.3, -0.25) is 14.9 Å². The minimum absolute atomic E-state index is 0.100. The normalized spacial score (nSPS) is 18.6. The monoisotopic (exact) mass is 250 g/mol. The number of benzene rings is 1. The van der Waals surface area contributed by atoms with E-state index in [4.69, 9.17) is 4.74 Å². The molecular weight excluding hydrogens is 236 g/mol. The van der Waals surface area contributed by atoms with Crippen LogP contribution in [0.3, 0.4) is 0 Å². The van der Waals surface area contributed by atoms with Crippen molar-refractivity contribution in [1.29, 1.82) is 0 Å². The number of hydrogen-bond donors (Lipinski definition) is 0. The Labute approximate surface area is 104 Å². The number of likely N-dealkylation sites (N-methyl/N-ethyl adjacent to an activating group) is 1. The van der Waals surface area contributed by atoms with Crippen LogP contribution in [-0.4, -0.2) is 37.5 Å². The number of nitro benzene ring substituents is 1. The van der Waals surface area contributed by atoms with E-state index in [0.717, 1.165) is 18.7 Å². The van der Waals surface area contributed by atoms with E-state index in [2.05, 4.69) is 0 Å². The Hall–Kier alpha value is -1.95. The Balaban J connectivity index is 2.28. The first-order valence-corrected chi connectivity index (χ1v) is 5.67. The molecule has 96 valence electrons. The molecule has 2 rings (SSSR count). The van der Waals surface area contributed by atoms with E-state index in [1.165, 1.54) is 6.07 Å². The van der Waals surface area contributed by atoms with Crippen molar-refractivity contribution in [3.05, 3.63) is 33.9 Å². The number of ether oxygens (including phenoxy) is 1. The second-order valence-corrected chi connectivity index (χ2v) is 4.25. The molecule has 1 aromatic carbocycles. The smallest absolute Gasteiger partial charge is 0.280 e. The maximum absolute atomic E-state index is 10.9. The SMILES string of the molecule is CN(c1ccc([N+](=O)[O-])c(C=O)c1)C1CCOC1. The molecule has 0 radical (unpaired) electrons. The molecule has 1 unspecified atom stereocenters. The second-order valence-electron chi connectivity index (χ2n) is 4.25. The summed E-state index contributed by atoms with van der Waals surface area (Å²) >= 11 is 0. The lowest BCUT2D eigenvalue weighted by Crippen LogP contribution is -2.31. The second kappa shape index (κ2) is 5.14. The number of rotatable bonds is 4. The number of nitro groups is 1. The summed E-state index contributed by atoms with van der Waals surface area (Å²) in [5.74, 6) is 0. The van der Waals surface area contributed by atoms with Crippen molar-refractivity contribution in [3.63, 3.8) is 0 Å². The van der Waals surface area contributed by atoms with E-state index in [-0.39, 0.29) is 17.3 Å². The highest BCUT2D eigenvalue weighted by molar-refractivity contribution is 5.83. The van der Waals surface area contributed by atoms with Gasteiger partial charge < -0.3 is 9.64 Å². The van der Waals surface area contributed by atoms with Crippen molar-refractivity contribution in [2.45, 2.75) is 12.5 Å². The van der Waals surface area contributed by atoms with Crippen LogP contribution in [0.25, 0.3) is 0 Å². The maximum Gasteiger partial charge on any atom is 0.280 e. The third-order valence-electron chi connectivity index (χ3n) is 3.20. The first-order chi connectivity index (χ1) is 8.63. The topological polar surface area (TPSA) is 72.7 Å². The minimum Gasteiger partial charge on any atom is -0.379 e. The number of aldehydes is 1. The Morgan fingerprint density at radius 3 is 2.89 bits per heavy atom. The summed E-state index contributed by atoms with van der Waals surface area (Å²) < 4.78 is 5.30. The number of carbonyl (C=O) groups is 1. The molecule has 0 N–H and O–H groups in total. The van der Waals surface area contributed by atoms with E-state index in [0.29, 0.717) is 12.9 Å². The van der Waals surface area contributed by atoms with E-state index in [1.54, 1.807) is 12.1 Å². The van der Waals surface area contributed by atoms with Crippen molar-refractivity contribution in [1.82, 2.24) is 0 Å².